The quantitative estimate of drug-likeness (QED) is 0.464. The molecule has 6 nitrogen and oxygen atoms in total. The Morgan fingerprint density at radius 2 is 1.88 bits per heavy atom. The minimum atomic E-state index is 0.0183. The number of carbonyl (C=O) groups excluding carboxylic acids is 1. The van der Waals surface area contributed by atoms with Crippen LogP contribution in [0.25, 0.3) is 21.6 Å². The highest BCUT2D eigenvalue weighted by atomic mass is 32.1. The molecule has 0 spiro atoms. The van der Waals surface area contributed by atoms with Crippen LogP contribution in [0.4, 0.5) is 11.5 Å². The Morgan fingerprint density at radius 3 is 2.67 bits per heavy atom. The Morgan fingerprint density at radius 1 is 1.03 bits per heavy atom. The molecule has 0 unspecified atom stereocenters. The van der Waals surface area contributed by atoms with Crippen LogP contribution in [0.3, 0.4) is 0 Å². The maximum absolute atomic E-state index is 12.8. The molecule has 7 heteroatoms. The van der Waals surface area contributed by atoms with Crippen LogP contribution in [0.1, 0.15) is 29.7 Å². The average Bonchev–Trinajstić information content (AvgIpc) is 3.46. The molecule has 1 fully saturated rings. The van der Waals surface area contributed by atoms with E-state index < -0.39 is 0 Å². The number of thiophene rings is 1. The molecule has 4 heterocycles. The first-order valence-electron chi connectivity index (χ1n) is 11.6. The zero-order valence-corrected chi connectivity index (χ0v) is 19.1. The summed E-state index contributed by atoms with van der Waals surface area (Å²) in [5, 5.41) is 4.30. The van der Waals surface area contributed by atoms with Gasteiger partial charge in [0.1, 0.15) is 10.6 Å². The summed E-state index contributed by atoms with van der Waals surface area (Å²) >= 11 is 1.82. The molecule has 1 N–H and O–H groups in total. The van der Waals surface area contributed by atoms with Gasteiger partial charge in [0.15, 0.2) is 5.82 Å². The van der Waals surface area contributed by atoms with E-state index in [1.54, 1.807) is 6.20 Å². The lowest BCUT2D eigenvalue weighted by atomic mass is 9.95. The van der Waals surface area contributed by atoms with Gasteiger partial charge in [-0.3, -0.25) is 9.78 Å². The summed E-state index contributed by atoms with van der Waals surface area (Å²) in [5.41, 5.74) is 3.23. The van der Waals surface area contributed by atoms with Crippen LogP contribution < -0.4 is 10.2 Å². The summed E-state index contributed by atoms with van der Waals surface area (Å²) in [7, 11) is 0. The summed E-state index contributed by atoms with van der Waals surface area (Å²) < 4.78 is 0. The maximum atomic E-state index is 12.8. The van der Waals surface area contributed by atoms with Crippen molar-refractivity contribution in [2.75, 3.05) is 23.3 Å². The van der Waals surface area contributed by atoms with Gasteiger partial charge in [0.2, 0.25) is 5.91 Å². The number of rotatable bonds is 4. The fourth-order valence-corrected chi connectivity index (χ4v) is 6.20. The molecule has 1 aliphatic heterocycles. The third kappa shape index (κ3) is 3.86. The monoisotopic (exact) mass is 455 g/mol. The van der Waals surface area contributed by atoms with E-state index in [4.69, 9.17) is 9.97 Å². The number of hydrogen-bond donors (Lipinski definition) is 1. The molecule has 166 valence electrons. The van der Waals surface area contributed by atoms with Crippen LogP contribution in [0.15, 0.2) is 54.9 Å². The second kappa shape index (κ2) is 8.56. The molecule has 1 amide bonds. The zero-order valence-electron chi connectivity index (χ0n) is 18.3. The third-order valence-electron chi connectivity index (χ3n) is 6.67. The van der Waals surface area contributed by atoms with Crippen LogP contribution in [0.2, 0.25) is 0 Å². The highest BCUT2D eigenvalue weighted by Gasteiger charge is 2.30. The molecule has 3 aromatic heterocycles. The van der Waals surface area contributed by atoms with Gasteiger partial charge >= 0.3 is 0 Å². The molecule has 1 aliphatic carbocycles. The lowest BCUT2D eigenvalue weighted by Gasteiger charge is -2.33. The Bertz CT molecular complexity index is 1300. The number of amides is 1. The van der Waals surface area contributed by atoms with E-state index in [0.717, 1.165) is 66.5 Å². The van der Waals surface area contributed by atoms with E-state index in [-0.39, 0.29) is 11.8 Å². The number of carbonyl (C=O) groups is 1. The van der Waals surface area contributed by atoms with E-state index in [1.165, 1.54) is 22.2 Å². The number of nitrogens with zero attached hydrogens (tertiary/aromatic N) is 4. The summed E-state index contributed by atoms with van der Waals surface area (Å²) in [4.78, 5) is 32.0. The van der Waals surface area contributed by atoms with Crippen molar-refractivity contribution in [3.63, 3.8) is 0 Å². The fourth-order valence-electron chi connectivity index (χ4n) is 4.95. The maximum Gasteiger partial charge on any atom is 0.227 e. The number of fused-ring (bicyclic) bond motifs is 3. The summed E-state index contributed by atoms with van der Waals surface area (Å²) in [6.45, 7) is 1.63. The van der Waals surface area contributed by atoms with Gasteiger partial charge in [-0.1, -0.05) is 18.2 Å². The molecule has 0 radical (unpaired) electrons. The molecular formula is C26H25N5OS. The molecule has 1 saturated heterocycles. The molecule has 0 bridgehead atoms. The Balaban J connectivity index is 1.28. The van der Waals surface area contributed by atoms with E-state index in [9.17, 15) is 4.79 Å². The first kappa shape index (κ1) is 20.3. The largest absolute Gasteiger partial charge is 0.356 e. The van der Waals surface area contributed by atoms with Crippen molar-refractivity contribution in [3.8, 4) is 11.4 Å². The van der Waals surface area contributed by atoms with Crippen molar-refractivity contribution < 1.29 is 4.79 Å². The Labute approximate surface area is 196 Å². The molecular weight excluding hydrogens is 430 g/mol. The van der Waals surface area contributed by atoms with Crippen molar-refractivity contribution in [3.05, 3.63) is 65.3 Å². The minimum absolute atomic E-state index is 0.0183. The number of hydrogen-bond acceptors (Lipinski definition) is 6. The summed E-state index contributed by atoms with van der Waals surface area (Å²) in [6.07, 6.45) is 8.69. The van der Waals surface area contributed by atoms with Gasteiger partial charge in [-0.05, 0) is 61.9 Å². The Kier molecular flexibility index (Phi) is 5.26. The van der Waals surface area contributed by atoms with E-state index in [0.29, 0.717) is 0 Å². The average molecular weight is 456 g/mol. The van der Waals surface area contributed by atoms with Crippen LogP contribution in [0, 0.1) is 5.92 Å². The zero-order chi connectivity index (χ0) is 22.2. The summed E-state index contributed by atoms with van der Waals surface area (Å²) in [5.74, 6) is 1.89. The first-order valence-corrected chi connectivity index (χ1v) is 12.4. The van der Waals surface area contributed by atoms with Gasteiger partial charge in [-0.25, -0.2) is 9.97 Å². The SMILES string of the molecule is O=C(Nc1ccccc1)C1CCN(c2nc(-c3cccnc3)nc3sc4c(c23)CCC4)CC1. The van der Waals surface area contributed by atoms with Gasteiger partial charge in [0.05, 0.1) is 5.39 Å². The van der Waals surface area contributed by atoms with Gasteiger partial charge in [-0.15, -0.1) is 11.3 Å². The van der Waals surface area contributed by atoms with Gasteiger partial charge in [0.25, 0.3) is 0 Å². The van der Waals surface area contributed by atoms with Crippen LogP contribution in [0.5, 0.6) is 0 Å². The van der Waals surface area contributed by atoms with E-state index in [1.807, 2.05) is 60.0 Å². The number of aryl methyl sites for hydroxylation is 2. The third-order valence-corrected chi connectivity index (χ3v) is 7.86. The second-order valence-electron chi connectivity index (χ2n) is 8.77. The van der Waals surface area contributed by atoms with E-state index in [2.05, 4.69) is 15.2 Å². The lowest BCUT2D eigenvalue weighted by Crippen LogP contribution is -2.38. The molecule has 0 saturated carbocycles. The van der Waals surface area contributed by atoms with Gasteiger partial charge in [-0.2, -0.15) is 0 Å². The minimum Gasteiger partial charge on any atom is -0.356 e. The number of benzene rings is 1. The number of piperidine rings is 1. The second-order valence-corrected chi connectivity index (χ2v) is 9.85. The van der Waals surface area contributed by atoms with Crippen molar-refractivity contribution in [2.45, 2.75) is 32.1 Å². The fraction of sp³-hybridized carbons (Fsp3) is 0.308. The highest BCUT2D eigenvalue weighted by molar-refractivity contribution is 7.19. The summed E-state index contributed by atoms with van der Waals surface area (Å²) in [6, 6.07) is 13.6. The van der Waals surface area contributed by atoms with E-state index >= 15 is 0 Å². The molecule has 4 aromatic rings. The van der Waals surface area contributed by atoms with Crippen molar-refractivity contribution in [2.24, 2.45) is 5.92 Å². The van der Waals surface area contributed by atoms with Crippen LogP contribution in [-0.4, -0.2) is 33.9 Å². The predicted octanol–water partition coefficient (Wildman–Crippen LogP) is 5.10. The number of anilines is 2. The van der Waals surface area contributed by atoms with Crippen LogP contribution in [-0.2, 0) is 17.6 Å². The smallest absolute Gasteiger partial charge is 0.227 e. The standard InChI is InChI=1S/C26H25N5OS/c32-25(28-19-7-2-1-3-8-19)17-11-14-31(15-12-17)24-22-20-9-4-10-21(20)33-26(22)30-23(29-24)18-6-5-13-27-16-18/h1-3,5-8,13,16-17H,4,9-12,14-15H2,(H,28,32). The topological polar surface area (TPSA) is 71.0 Å². The predicted molar refractivity (Wildman–Crippen MR) is 133 cm³/mol. The number of pyridine rings is 1. The highest BCUT2D eigenvalue weighted by Crippen LogP contribution is 2.42. The number of para-hydroxylation sites is 1. The molecule has 1 aromatic carbocycles. The molecule has 2 aliphatic rings. The normalized spacial score (nSPS) is 16.2. The van der Waals surface area contributed by atoms with Crippen LogP contribution >= 0.6 is 11.3 Å². The molecule has 6 rings (SSSR count). The van der Waals surface area contributed by atoms with Crippen molar-refractivity contribution in [1.82, 2.24) is 15.0 Å². The van der Waals surface area contributed by atoms with Gasteiger partial charge < -0.3 is 10.2 Å². The first-order chi connectivity index (χ1) is 16.3. The van der Waals surface area contributed by atoms with Crippen molar-refractivity contribution in [1.29, 1.82) is 0 Å². The molecule has 33 heavy (non-hydrogen) atoms. The lowest BCUT2D eigenvalue weighted by molar-refractivity contribution is -0.120. The molecule has 0 atom stereocenters. The Hall–Kier alpha value is -3.32. The number of nitrogens with one attached hydrogen (secondary N) is 1. The number of aromatic nitrogens is 3. The van der Waals surface area contributed by atoms with Gasteiger partial charge in [0, 0.05) is 47.5 Å². The van der Waals surface area contributed by atoms with Crippen molar-refractivity contribution >= 4 is 39.0 Å².